The van der Waals surface area contributed by atoms with Crippen LogP contribution in [0.4, 0.5) is 0 Å². The van der Waals surface area contributed by atoms with Gasteiger partial charge in [0.1, 0.15) is 24.4 Å². The molecule has 0 radical (unpaired) electrons. The Morgan fingerprint density at radius 1 is 0.909 bits per heavy atom. The van der Waals surface area contributed by atoms with Gasteiger partial charge in [0.05, 0.1) is 12.0 Å². The van der Waals surface area contributed by atoms with Crippen molar-refractivity contribution in [2.45, 2.75) is 151 Å². The van der Waals surface area contributed by atoms with Gasteiger partial charge in [-0.15, -0.1) is 0 Å². The van der Waals surface area contributed by atoms with Crippen molar-refractivity contribution in [3.63, 3.8) is 0 Å². The second-order valence-corrected chi connectivity index (χ2v) is 15.6. The molecule has 0 aromatic heterocycles. The van der Waals surface area contributed by atoms with Crippen molar-refractivity contribution in [1.82, 2.24) is 0 Å². The van der Waals surface area contributed by atoms with E-state index in [-0.39, 0.29) is 40.5 Å². The monoisotopic (exact) mass is 614 g/mol. The van der Waals surface area contributed by atoms with Crippen molar-refractivity contribution in [1.29, 1.82) is 0 Å². The van der Waals surface area contributed by atoms with Crippen LogP contribution in [-0.4, -0.2) is 48.3 Å². The lowest BCUT2D eigenvalue weighted by atomic mass is 9.34. The standard InChI is InChI=1S/C36H54O8/c1-10-23(42-21(4)37)17-29(39)44-28-19-26-34(7)15-12-14-33(6,11-2)25(34)13-16-35(26,8)27-18-24(43-22(5)38)30-20(3)41-32(40)31(30)36(27,28)9/h20,23-28H,10-19H2,1-9H3. The van der Waals surface area contributed by atoms with E-state index in [0.717, 1.165) is 31.3 Å². The van der Waals surface area contributed by atoms with E-state index in [0.29, 0.717) is 30.8 Å². The van der Waals surface area contributed by atoms with Crippen LogP contribution in [0.25, 0.3) is 0 Å². The van der Waals surface area contributed by atoms with Crippen LogP contribution >= 0.6 is 0 Å². The van der Waals surface area contributed by atoms with Crippen molar-refractivity contribution in [2.75, 3.05) is 0 Å². The zero-order valence-corrected chi connectivity index (χ0v) is 28.4. The quantitative estimate of drug-likeness (QED) is 0.226. The first-order valence-corrected chi connectivity index (χ1v) is 17.0. The van der Waals surface area contributed by atoms with E-state index >= 15 is 0 Å². The summed E-state index contributed by atoms with van der Waals surface area (Å²) in [6.45, 7) is 18.2. The van der Waals surface area contributed by atoms with Crippen LogP contribution < -0.4 is 0 Å². The average Bonchev–Trinajstić information content (AvgIpc) is 3.24. The summed E-state index contributed by atoms with van der Waals surface area (Å²) in [6, 6.07) is 0. The van der Waals surface area contributed by atoms with Crippen molar-refractivity contribution in [3.05, 3.63) is 11.1 Å². The van der Waals surface area contributed by atoms with Crippen molar-refractivity contribution in [2.24, 2.45) is 39.4 Å². The number of fused-ring (bicyclic) bond motifs is 6. The number of carbonyl (C=O) groups is 4. The highest BCUT2D eigenvalue weighted by Crippen LogP contribution is 2.74. The molecule has 8 nitrogen and oxygen atoms in total. The maximum Gasteiger partial charge on any atom is 0.335 e. The van der Waals surface area contributed by atoms with Crippen LogP contribution in [0.3, 0.4) is 0 Å². The topological polar surface area (TPSA) is 105 Å². The molecule has 3 fully saturated rings. The second-order valence-electron chi connectivity index (χ2n) is 15.6. The highest BCUT2D eigenvalue weighted by Gasteiger charge is 2.71. The molecule has 0 N–H and O–H groups in total. The first-order valence-electron chi connectivity index (χ1n) is 17.0. The van der Waals surface area contributed by atoms with E-state index in [1.165, 1.54) is 26.7 Å². The van der Waals surface area contributed by atoms with Gasteiger partial charge in [-0.05, 0) is 85.9 Å². The molecule has 0 saturated heterocycles. The molecule has 3 saturated carbocycles. The third-order valence-electron chi connectivity index (χ3n) is 13.4. The predicted octanol–water partition coefficient (Wildman–Crippen LogP) is 6.87. The summed E-state index contributed by atoms with van der Waals surface area (Å²) < 4.78 is 23.7. The van der Waals surface area contributed by atoms with Gasteiger partial charge in [-0.1, -0.05) is 54.4 Å². The molecule has 5 rings (SSSR count). The SMILES string of the molecule is CCC(CC(=O)OC1CC2C3(C)CCCC(C)(CC)C3CCC2(C)C2CC(OC(C)=O)C3=C(C(=O)OC3C)C12C)OC(C)=O. The Morgan fingerprint density at radius 2 is 1.59 bits per heavy atom. The number of hydrogen-bond donors (Lipinski definition) is 0. The third-order valence-corrected chi connectivity index (χ3v) is 13.4. The van der Waals surface area contributed by atoms with Gasteiger partial charge < -0.3 is 18.9 Å². The fourth-order valence-corrected chi connectivity index (χ4v) is 11.4. The minimum Gasteiger partial charge on any atom is -0.462 e. The fourth-order valence-electron chi connectivity index (χ4n) is 11.4. The highest BCUT2D eigenvalue weighted by molar-refractivity contribution is 5.95. The van der Waals surface area contributed by atoms with Crippen molar-refractivity contribution >= 4 is 23.9 Å². The van der Waals surface area contributed by atoms with E-state index < -0.39 is 47.7 Å². The summed E-state index contributed by atoms with van der Waals surface area (Å²) in [6.07, 6.45) is 6.27. The number of hydrogen-bond acceptors (Lipinski definition) is 8. The van der Waals surface area contributed by atoms with Crippen LogP contribution in [-0.2, 0) is 38.1 Å². The largest absolute Gasteiger partial charge is 0.462 e. The Bertz CT molecular complexity index is 1240. The molecule has 4 aliphatic carbocycles. The van der Waals surface area contributed by atoms with Gasteiger partial charge in [0, 0.05) is 24.8 Å². The van der Waals surface area contributed by atoms with Crippen molar-refractivity contribution in [3.8, 4) is 0 Å². The van der Waals surface area contributed by atoms with E-state index in [9.17, 15) is 19.2 Å². The van der Waals surface area contributed by atoms with Gasteiger partial charge in [-0.2, -0.15) is 0 Å². The van der Waals surface area contributed by atoms with Crippen LogP contribution in [0.5, 0.6) is 0 Å². The summed E-state index contributed by atoms with van der Waals surface area (Å²) in [7, 11) is 0. The molecule has 0 bridgehead atoms. The minimum absolute atomic E-state index is 0.0358. The molecule has 0 spiro atoms. The number of cyclic esters (lactones) is 1. The Hall–Kier alpha value is -2.38. The van der Waals surface area contributed by atoms with Gasteiger partial charge in [0.2, 0.25) is 0 Å². The average molecular weight is 615 g/mol. The van der Waals surface area contributed by atoms with Gasteiger partial charge in [-0.3, -0.25) is 14.4 Å². The van der Waals surface area contributed by atoms with E-state index in [1.54, 1.807) is 0 Å². The van der Waals surface area contributed by atoms with Crippen LogP contribution in [0, 0.1) is 39.4 Å². The molecule has 44 heavy (non-hydrogen) atoms. The lowest BCUT2D eigenvalue weighted by Crippen LogP contribution is -2.67. The van der Waals surface area contributed by atoms with E-state index in [4.69, 9.17) is 18.9 Å². The molecule has 11 atom stereocenters. The number of rotatable bonds is 7. The molecule has 1 heterocycles. The zero-order chi connectivity index (χ0) is 32.4. The minimum atomic E-state index is -0.816. The van der Waals surface area contributed by atoms with Gasteiger partial charge in [-0.25, -0.2) is 4.79 Å². The third kappa shape index (κ3) is 5.01. The fraction of sp³-hybridized carbons (Fsp3) is 0.833. The Labute approximate surface area is 263 Å². The van der Waals surface area contributed by atoms with Crippen LogP contribution in [0.15, 0.2) is 11.1 Å². The smallest absolute Gasteiger partial charge is 0.335 e. The summed E-state index contributed by atoms with van der Waals surface area (Å²) in [5.41, 5.74) is 0.569. The second kappa shape index (κ2) is 11.5. The summed E-state index contributed by atoms with van der Waals surface area (Å²) in [5, 5.41) is 0. The molecular formula is C36H54O8. The number of esters is 4. The molecule has 0 amide bonds. The highest BCUT2D eigenvalue weighted by atomic mass is 16.6. The summed E-state index contributed by atoms with van der Waals surface area (Å²) >= 11 is 0. The lowest BCUT2D eigenvalue weighted by Gasteiger charge is -2.70. The zero-order valence-electron chi connectivity index (χ0n) is 28.4. The van der Waals surface area contributed by atoms with E-state index in [2.05, 4.69) is 34.6 Å². The molecule has 1 aliphatic heterocycles. The Morgan fingerprint density at radius 3 is 2.20 bits per heavy atom. The van der Waals surface area contributed by atoms with Crippen LogP contribution in [0.2, 0.25) is 0 Å². The maximum atomic E-state index is 13.7. The van der Waals surface area contributed by atoms with Gasteiger partial charge >= 0.3 is 23.9 Å². The number of ether oxygens (including phenoxy) is 4. The molecule has 5 aliphatic rings. The van der Waals surface area contributed by atoms with Crippen molar-refractivity contribution < 1.29 is 38.1 Å². The normalized spacial score (nSPS) is 43.4. The maximum absolute atomic E-state index is 13.7. The molecule has 11 unspecified atom stereocenters. The Balaban J connectivity index is 1.63. The molecule has 0 aromatic rings. The Kier molecular flexibility index (Phi) is 8.59. The summed E-state index contributed by atoms with van der Waals surface area (Å²) in [5.74, 6) is -0.895. The van der Waals surface area contributed by atoms with Crippen LogP contribution in [0.1, 0.15) is 127 Å². The molecule has 8 heteroatoms. The van der Waals surface area contributed by atoms with Gasteiger partial charge in [0.25, 0.3) is 0 Å². The molecule has 0 aromatic carbocycles. The first kappa shape index (κ1) is 33.0. The van der Waals surface area contributed by atoms with E-state index in [1.807, 2.05) is 13.8 Å². The molecular weight excluding hydrogens is 560 g/mol. The lowest BCUT2D eigenvalue weighted by molar-refractivity contribution is -0.232. The molecule has 246 valence electrons. The van der Waals surface area contributed by atoms with Gasteiger partial charge in [0.15, 0.2) is 0 Å². The number of carbonyl (C=O) groups excluding carboxylic acids is 4. The summed E-state index contributed by atoms with van der Waals surface area (Å²) in [4.78, 5) is 51.5. The predicted molar refractivity (Wildman–Crippen MR) is 164 cm³/mol. The first-order chi connectivity index (χ1) is 20.5.